The lowest BCUT2D eigenvalue weighted by atomic mass is 10.0. The van der Waals surface area contributed by atoms with Gasteiger partial charge in [0.1, 0.15) is 17.4 Å². The summed E-state index contributed by atoms with van der Waals surface area (Å²) >= 11 is 0. The maximum atomic E-state index is 13.4. The third kappa shape index (κ3) is 2.50. The molecule has 0 saturated heterocycles. The highest BCUT2D eigenvalue weighted by atomic mass is 19.1. The Kier molecular flexibility index (Phi) is 3.58. The molecule has 4 nitrogen and oxygen atoms in total. The SMILES string of the molecule is Fc1ccc2c(c1)OCCCC2NCc1cnc2n1CCC2. The number of hydrogen-bond acceptors (Lipinski definition) is 3. The molecule has 22 heavy (non-hydrogen) atoms. The topological polar surface area (TPSA) is 39.1 Å². The molecule has 1 aromatic heterocycles. The van der Waals surface area contributed by atoms with Crippen LogP contribution in [0, 0.1) is 5.82 Å². The molecule has 5 heteroatoms. The molecule has 1 aromatic carbocycles. The fourth-order valence-electron chi connectivity index (χ4n) is 3.45. The van der Waals surface area contributed by atoms with Crippen molar-refractivity contribution in [1.29, 1.82) is 0 Å². The fraction of sp³-hybridized carbons (Fsp3) is 0.471. The van der Waals surface area contributed by atoms with Crippen LogP contribution in [0.15, 0.2) is 24.4 Å². The number of fused-ring (bicyclic) bond motifs is 2. The molecule has 2 aromatic rings. The van der Waals surface area contributed by atoms with Gasteiger partial charge in [0, 0.05) is 43.4 Å². The van der Waals surface area contributed by atoms with Gasteiger partial charge in [0.05, 0.1) is 12.3 Å². The minimum absolute atomic E-state index is 0.200. The maximum absolute atomic E-state index is 13.4. The first-order valence-corrected chi connectivity index (χ1v) is 8.00. The third-order valence-electron chi connectivity index (χ3n) is 4.58. The van der Waals surface area contributed by atoms with Crippen molar-refractivity contribution >= 4 is 0 Å². The molecule has 1 unspecified atom stereocenters. The first-order valence-electron chi connectivity index (χ1n) is 8.00. The summed E-state index contributed by atoms with van der Waals surface area (Å²) in [4.78, 5) is 4.48. The summed E-state index contributed by atoms with van der Waals surface area (Å²) in [6.45, 7) is 2.51. The second-order valence-electron chi connectivity index (χ2n) is 6.03. The van der Waals surface area contributed by atoms with Crippen LogP contribution in [0.5, 0.6) is 5.75 Å². The standard InChI is InChI=1S/C17H20FN3O/c18-12-5-6-14-15(3-2-8-22-16(14)9-12)19-10-13-11-20-17-4-1-7-21(13)17/h5-6,9,11,15,19H,1-4,7-8,10H2. The molecule has 0 radical (unpaired) electrons. The van der Waals surface area contributed by atoms with E-state index < -0.39 is 0 Å². The summed E-state index contributed by atoms with van der Waals surface area (Å²) in [5, 5.41) is 3.61. The van der Waals surface area contributed by atoms with Crippen molar-refractivity contribution in [3.8, 4) is 5.75 Å². The fourth-order valence-corrected chi connectivity index (χ4v) is 3.45. The summed E-state index contributed by atoms with van der Waals surface area (Å²) in [6, 6.07) is 5.05. The van der Waals surface area contributed by atoms with Crippen LogP contribution in [0.3, 0.4) is 0 Å². The summed E-state index contributed by atoms with van der Waals surface area (Å²) in [5.74, 6) is 1.63. The lowest BCUT2D eigenvalue weighted by Gasteiger charge is -2.18. The highest BCUT2D eigenvalue weighted by molar-refractivity contribution is 5.37. The van der Waals surface area contributed by atoms with Gasteiger partial charge >= 0.3 is 0 Å². The monoisotopic (exact) mass is 301 g/mol. The quantitative estimate of drug-likeness (QED) is 0.947. The van der Waals surface area contributed by atoms with E-state index in [9.17, 15) is 4.39 Å². The molecule has 3 heterocycles. The van der Waals surface area contributed by atoms with E-state index in [2.05, 4.69) is 14.9 Å². The Hall–Kier alpha value is -1.88. The van der Waals surface area contributed by atoms with Gasteiger partial charge in [0.15, 0.2) is 0 Å². The van der Waals surface area contributed by atoms with E-state index in [1.54, 1.807) is 0 Å². The maximum Gasteiger partial charge on any atom is 0.126 e. The molecule has 0 aliphatic carbocycles. The average molecular weight is 301 g/mol. The Morgan fingerprint density at radius 2 is 2.32 bits per heavy atom. The van der Waals surface area contributed by atoms with E-state index in [0.29, 0.717) is 12.4 Å². The molecule has 116 valence electrons. The predicted molar refractivity (Wildman–Crippen MR) is 81.3 cm³/mol. The van der Waals surface area contributed by atoms with E-state index in [4.69, 9.17) is 4.74 Å². The molecule has 0 saturated carbocycles. The van der Waals surface area contributed by atoms with Crippen molar-refractivity contribution in [2.24, 2.45) is 0 Å². The van der Waals surface area contributed by atoms with Crippen molar-refractivity contribution in [2.45, 2.75) is 44.8 Å². The van der Waals surface area contributed by atoms with Gasteiger partial charge in [0.2, 0.25) is 0 Å². The Labute approximate surface area is 129 Å². The Morgan fingerprint density at radius 3 is 3.27 bits per heavy atom. The Balaban J connectivity index is 1.53. The number of benzene rings is 1. The zero-order valence-electron chi connectivity index (χ0n) is 12.5. The number of aromatic nitrogens is 2. The van der Waals surface area contributed by atoms with Gasteiger partial charge in [-0.25, -0.2) is 9.37 Å². The van der Waals surface area contributed by atoms with E-state index in [1.165, 1.54) is 30.1 Å². The number of imidazole rings is 1. The first kappa shape index (κ1) is 13.8. The summed E-state index contributed by atoms with van der Waals surface area (Å²) in [6.07, 6.45) is 6.22. The number of rotatable bonds is 3. The van der Waals surface area contributed by atoms with E-state index in [0.717, 1.165) is 37.9 Å². The van der Waals surface area contributed by atoms with Crippen LogP contribution < -0.4 is 10.1 Å². The van der Waals surface area contributed by atoms with Crippen molar-refractivity contribution < 1.29 is 9.13 Å². The molecule has 0 spiro atoms. The molecule has 2 aliphatic heterocycles. The highest BCUT2D eigenvalue weighted by Gasteiger charge is 2.21. The number of ether oxygens (including phenoxy) is 1. The Bertz CT molecular complexity index is 683. The zero-order chi connectivity index (χ0) is 14.9. The van der Waals surface area contributed by atoms with Crippen LogP contribution in [0.2, 0.25) is 0 Å². The van der Waals surface area contributed by atoms with Crippen LogP contribution in [0.25, 0.3) is 0 Å². The van der Waals surface area contributed by atoms with Gasteiger partial charge in [-0.05, 0) is 25.3 Å². The number of nitrogens with one attached hydrogen (secondary N) is 1. The molecule has 2 aliphatic rings. The summed E-state index contributed by atoms with van der Waals surface area (Å²) < 4.78 is 21.4. The molecular weight excluding hydrogens is 281 g/mol. The van der Waals surface area contributed by atoms with E-state index in [1.807, 2.05) is 12.3 Å². The number of aryl methyl sites for hydroxylation is 1. The van der Waals surface area contributed by atoms with Crippen LogP contribution in [0.4, 0.5) is 4.39 Å². The minimum Gasteiger partial charge on any atom is -0.493 e. The third-order valence-corrected chi connectivity index (χ3v) is 4.58. The Morgan fingerprint density at radius 1 is 1.36 bits per heavy atom. The first-order chi connectivity index (χ1) is 10.8. The number of hydrogen-bond donors (Lipinski definition) is 1. The number of nitrogens with zero attached hydrogens (tertiary/aromatic N) is 2. The number of halogens is 1. The lowest BCUT2D eigenvalue weighted by Crippen LogP contribution is -2.22. The summed E-state index contributed by atoms with van der Waals surface area (Å²) in [7, 11) is 0. The van der Waals surface area contributed by atoms with Crippen LogP contribution in [-0.2, 0) is 19.5 Å². The van der Waals surface area contributed by atoms with Gasteiger partial charge in [-0.1, -0.05) is 6.07 Å². The van der Waals surface area contributed by atoms with Crippen LogP contribution in [-0.4, -0.2) is 16.2 Å². The second kappa shape index (κ2) is 5.72. The summed E-state index contributed by atoms with van der Waals surface area (Å²) in [5.41, 5.74) is 2.29. The molecule has 0 bridgehead atoms. The van der Waals surface area contributed by atoms with Crippen molar-refractivity contribution in [3.05, 3.63) is 47.3 Å². The largest absolute Gasteiger partial charge is 0.493 e. The predicted octanol–water partition coefficient (Wildman–Crippen LogP) is 2.97. The van der Waals surface area contributed by atoms with Gasteiger partial charge in [-0.15, -0.1) is 0 Å². The van der Waals surface area contributed by atoms with Crippen molar-refractivity contribution in [2.75, 3.05) is 6.61 Å². The molecule has 0 fully saturated rings. The molecule has 4 rings (SSSR count). The molecular formula is C17H20FN3O. The minimum atomic E-state index is -0.243. The highest BCUT2D eigenvalue weighted by Crippen LogP contribution is 2.32. The molecule has 1 N–H and O–H groups in total. The lowest BCUT2D eigenvalue weighted by molar-refractivity contribution is 0.313. The average Bonchev–Trinajstić information content (AvgIpc) is 3.06. The van der Waals surface area contributed by atoms with Crippen LogP contribution >= 0.6 is 0 Å². The van der Waals surface area contributed by atoms with Gasteiger partial charge in [0.25, 0.3) is 0 Å². The van der Waals surface area contributed by atoms with Crippen LogP contribution in [0.1, 0.15) is 42.4 Å². The van der Waals surface area contributed by atoms with Gasteiger partial charge < -0.3 is 14.6 Å². The van der Waals surface area contributed by atoms with Crippen molar-refractivity contribution in [1.82, 2.24) is 14.9 Å². The molecule has 1 atom stereocenters. The van der Waals surface area contributed by atoms with Crippen molar-refractivity contribution in [3.63, 3.8) is 0 Å². The normalized spacial score (nSPS) is 20.1. The molecule has 0 amide bonds. The smallest absolute Gasteiger partial charge is 0.126 e. The second-order valence-corrected chi connectivity index (χ2v) is 6.03. The van der Waals surface area contributed by atoms with E-state index >= 15 is 0 Å². The van der Waals surface area contributed by atoms with Gasteiger partial charge in [-0.2, -0.15) is 0 Å². The van der Waals surface area contributed by atoms with E-state index in [-0.39, 0.29) is 11.9 Å². The van der Waals surface area contributed by atoms with Gasteiger partial charge in [-0.3, -0.25) is 0 Å². The zero-order valence-corrected chi connectivity index (χ0v) is 12.5.